The second-order valence-corrected chi connectivity index (χ2v) is 6.44. The molecule has 2 aromatic carbocycles. The van der Waals surface area contributed by atoms with Gasteiger partial charge in [0.15, 0.2) is 0 Å². The van der Waals surface area contributed by atoms with Gasteiger partial charge < -0.3 is 10.2 Å². The first-order chi connectivity index (χ1) is 10.1. The molecule has 0 aromatic heterocycles. The first-order valence-corrected chi connectivity index (χ1v) is 7.93. The highest BCUT2D eigenvalue weighted by molar-refractivity contribution is 9.10. The molecule has 1 N–H and O–H groups in total. The van der Waals surface area contributed by atoms with E-state index in [2.05, 4.69) is 51.3 Å². The van der Waals surface area contributed by atoms with Crippen molar-refractivity contribution >= 4 is 21.6 Å². The molecule has 1 aliphatic rings. The molecule has 0 saturated carbocycles. The number of nitrogens with zero attached hydrogens (tertiary/aromatic N) is 1. The van der Waals surface area contributed by atoms with Crippen molar-refractivity contribution < 1.29 is 4.39 Å². The molecule has 0 spiro atoms. The van der Waals surface area contributed by atoms with Crippen molar-refractivity contribution in [3.8, 4) is 0 Å². The number of rotatable bonds is 2. The van der Waals surface area contributed by atoms with Crippen molar-refractivity contribution in [2.45, 2.75) is 26.1 Å². The third-order valence-corrected chi connectivity index (χ3v) is 4.34. The number of para-hydroxylation sites is 1. The Labute approximate surface area is 133 Å². The average Bonchev–Trinajstić information content (AvgIpc) is 2.62. The normalized spacial score (nSPS) is 18.2. The summed E-state index contributed by atoms with van der Waals surface area (Å²) in [5, 5.41) is 3.50. The molecule has 0 radical (unpaired) electrons. The molecule has 0 fully saturated rings. The summed E-state index contributed by atoms with van der Waals surface area (Å²) in [4.78, 5) is 2.26. The van der Waals surface area contributed by atoms with Crippen LogP contribution in [0.15, 0.2) is 46.9 Å². The van der Waals surface area contributed by atoms with Gasteiger partial charge in [0, 0.05) is 41.4 Å². The first kappa shape index (κ1) is 14.5. The van der Waals surface area contributed by atoms with Crippen LogP contribution < -0.4 is 10.2 Å². The lowest BCUT2D eigenvalue weighted by molar-refractivity contribution is 0.546. The lowest BCUT2D eigenvalue weighted by atomic mass is 10.1. The smallest absolute Gasteiger partial charge is 0.129 e. The Morgan fingerprint density at radius 2 is 2.10 bits per heavy atom. The monoisotopic (exact) mass is 348 g/mol. The molecule has 1 unspecified atom stereocenters. The third-order valence-electron chi connectivity index (χ3n) is 3.84. The van der Waals surface area contributed by atoms with Gasteiger partial charge in [0.05, 0.1) is 0 Å². The second kappa shape index (κ2) is 6.16. The molecule has 2 aromatic rings. The summed E-state index contributed by atoms with van der Waals surface area (Å²) in [5.74, 6) is -0.160. The number of hydrogen-bond acceptors (Lipinski definition) is 2. The molecule has 3 rings (SSSR count). The zero-order valence-corrected chi connectivity index (χ0v) is 13.5. The fourth-order valence-corrected chi connectivity index (χ4v) is 3.08. The maximum absolute atomic E-state index is 14.1. The van der Waals surface area contributed by atoms with Gasteiger partial charge in [-0.3, -0.25) is 0 Å². The van der Waals surface area contributed by atoms with E-state index >= 15 is 0 Å². The maximum atomic E-state index is 14.1. The van der Waals surface area contributed by atoms with Crippen molar-refractivity contribution in [1.29, 1.82) is 0 Å². The summed E-state index contributed by atoms with van der Waals surface area (Å²) >= 11 is 3.31. The summed E-state index contributed by atoms with van der Waals surface area (Å²) in [6, 6.07) is 14.0. The molecular formula is C17H18BrFN2. The van der Waals surface area contributed by atoms with Crippen LogP contribution in [0.2, 0.25) is 0 Å². The predicted molar refractivity (Wildman–Crippen MR) is 87.9 cm³/mol. The quantitative estimate of drug-likeness (QED) is 0.879. The van der Waals surface area contributed by atoms with E-state index in [0.29, 0.717) is 12.6 Å². The minimum atomic E-state index is -0.160. The number of fused-ring (bicyclic) bond motifs is 1. The Balaban J connectivity index is 1.92. The van der Waals surface area contributed by atoms with Crippen molar-refractivity contribution in [2.75, 3.05) is 11.4 Å². The van der Waals surface area contributed by atoms with E-state index in [4.69, 9.17) is 0 Å². The molecule has 2 nitrogen and oxygen atoms in total. The predicted octanol–water partition coefficient (Wildman–Crippen LogP) is 4.09. The minimum Gasteiger partial charge on any atom is -0.365 e. The Morgan fingerprint density at radius 3 is 2.90 bits per heavy atom. The lowest BCUT2D eigenvalue weighted by Gasteiger charge is -2.26. The molecule has 0 bridgehead atoms. The van der Waals surface area contributed by atoms with Crippen LogP contribution >= 0.6 is 15.9 Å². The standard InChI is InChI=1S/C17H18BrFN2/c1-12-10-21(11-14-6-7-15(18)8-16(14)19)17-5-3-2-4-13(17)9-20-12/h2-8,12,20H,9-11H2,1H3. The van der Waals surface area contributed by atoms with Gasteiger partial charge in [-0.2, -0.15) is 0 Å². The van der Waals surface area contributed by atoms with E-state index in [0.717, 1.165) is 23.1 Å². The van der Waals surface area contributed by atoms with Crippen LogP contribution in [0.5, 0.6) is 0 Å². The van der Waals surface area contributed by atoms with Crippen LogP contribution in [0.25, 0.3) is 0 Å². The highest BCUT2D eigenvalue weighted by Crippen LogP contribution is 2.26. The zero-order valence-electron chi connectivity index (χ0n) is 11.9. The highest BCUT2D eigenvalue weighted by atomic mass is 79.9. The van der Waals surface area contributed by atoms with Gasteiger partial charge in [0.1, 0.15) is 5.82 Å². The van der Waals surface area contributed by atoms with E-state index in [1.807, 2.05) is 18.2 Å². The number of halogens is 2. The number of nitrogens with one attached hydrogen (secondary N) is 1. The molecule has 21 heavy (non-hydrogen) atoms. The average molecular weight is 349 g/mol. The lowest BCUT2D eigenvalue weighted by Crippen LogP contribution is -2.35. The van der Waals surface area contributed by atoms with Gasteiger partial charge in [-0.15, -0.1) is 0 Å². The molecule has 4 heteroatoms. The number of hydrogen-bond donors (Lipinski definition) is 1. The van der Waals surface area contributed by atoms with Crippen molar-refractivity contribution in [3.05, 3.63) is 63.9 Å². The van der Waals surface area contributed by atoms with E-state index in [-0.39, 0.29) is 5.82 Å². The number of benzene rings is 2. The van der Waals surface area contributed by atoms with Crippen LogP contribution in [0.4, 0.5) is 10.1 Å². The minimum absolute atomic E-state index is 0.160. The fourth-order valence-electron chi connectivity index (χ4n) is 2.75. The van der Waals surface area contributed by atoms with E-state index in [1.165, 1.54) is 17.3 Å². The third kappa shape index (κ3) is 3.27. The molecule has 1 heterocycles. The Bertz CT molecular complexity index is 644. The van der Waals surface area contributed by atoms with E-state index < -0.39 is 0 Å². The van der Waals surface area contributed by atoms with E-state index in [9.17, 15) is 4.39 Å². The molecule has 0 aliphatic carbocycles. The van der Waals surface area contributed by atoms with Crippen LogP contribution in [0.3, 0.4) is 0 Å². The molecular weight excluding hydrogens is 331 g/mol. The Morgan fingerprint density at radius 1 is 1.29 bits per heavy atom. The van der Waals surface area contributed by atoms with Gasteiger partial charge in [-0.25, -0.2) is 4.39 Å². The van der Waals surface area contributed by atoms with Crippen LogP contribution in [0.1, 0.15) is 18.1 Å². The van der Waals surface area contributed by atoms with Gasteiger partial charge in [-0.1, -0.05) is 40.2 Å². The maximum Gasteiger partial charge on any atom is 0.129 e. The fraction of sp³-hybridized carbons (Fsp3) is 0.294. The van der Waals surface area contributed by atoms with Crippen molar-refractivity contribution in [1.82, 2.24) is 5.32 Å². The van der Waals surface area contributed by atoms with Gasteiger partial charge >= 0.3 is 0 Å². The highest BCUT2D eigenvalue weighted by Gasteiger charge is 2.19. The van der Waals surface area contributed by atoms with Gasteiger partial charge in [0.2, 0.25) is 0 Å². The van der Waals surface area contributed by atoms with E-state index in [1.54, 1.807) is 0 Å². The largest absolute Gasteiger partial charge is 0.365 e. The van der Waals surface area contributed by atoms with Crippen LogP contribution in [-0.2, 0) is 13.1 Å². The van der Waals surface area contributed by atoms with Crippen LogP contribution in [-0.4, -0.2) is 12.6 Å². The SMILES string of the molecule is CC1CN(Cc2ccc(Br)cc2F)c2ccccc2CN1. The zero-order chi connectivity index (χ0) is 14.8. The molecule has 110 valence electrons. The first-order valence-electron chi connectivity index (χ1n) is 7.13. The van der Waals surface area contributed by atoms with Crippen molar-refractivity contribution in [3.63, 3.8) is 0 Å². The Kier molecular flexibility index (Phi) is 4.27. The molecule has 0 saturated heterocycles. The topological polar surface area (TPSA) is 15.3 Å². The molecule has 1 aliphatic heterocycles. The number of anilines is 1. The molecule has 1 atom stereocenters. The van der Waals surface area contributed by atoms with Crippen molar-refractivity contribution in [2.24, 2.45) is 0 Å². The summed E-state index contributed by atoms with van der Waals surface area (Å²) in [5.41, 5.74) is 3.18. The summed E-state index contributed by atoms with van der Waals surface area (Å²) in [6.07, 6.45) is 0. The van der Waals surface area contributed by atoms with Gasteiger partial charge in [0.25, 0.3) is 0 Å². The molecule has 0 amide bonds. The summed E-state index contributed by atoms with van der Waals surface area (Å²) < 4.78 is 14.9. The van der Waals surface area contributed by atoms with Crippen LogP contribution in [0, 0.1) is 5.82 Å². The van der Waals surface area contributed by atoms with Gasteiger partial charge in [-0.05, 0) is 30.7 Å². The summed E-state index contributed by atoms with van der Waals surface area (Å²) in [7, 11) is 0. The second-order valence-electron chi connectivity index (χ2n) is 5.53. The summed E-state index contributed by atoms with van der Waals surface area (Å²) in [6.45, 7) is 4.47. The Hall–Kier alpha value is -1.39.